The highest BCUT2D eigenvalue weighted by Gasteiger charge is 2.38. The van der Waals surface area contributed by atoms with Crippen LogP contribution in [0.1, 0.15) is 39.5 Å². The van der Waals surface area contributed by atoms with Crippen LogP contribution in [0.15, 0.2) is 0 Å². The number of esters is 1. The third-order valence-electron chi connectivity index (χ3n) is 2.88. The Labute approximate surface area is 103 Å². The van der Waals surface area contributed by atoms with Gasteiger partial charge in [0.05, 0.1) is 12.4 Å². The summed E-state index contributed by atoms with van der Waals surface area (Å²) in [6.45, 7) is 4.40. The van der Waals surface area contributed by atoms with Gasteiger partial charge in [0.25, 0.3) is 0 Å². The summed E-state index contributed by atoms with van der Waals surface area (Å²) in [7, 11) is -3.30. The summed E-state index contributed by atoms with van der Waals surface area (Å²) in [6.07, 6.45) is 2.77. The lowest BCUT2D eigenvalue weighted by Crippen LogP contribution is -2.42. The Morgan fingerprint density at radius 1 is 1.41 bits per heavy atom. The number of rotatable bonds is 6. The van der Waals surface area contributed by atoms with Crippen molar-refractivity contribution in [2.75, 3.05) is 18.9 Å². The van der Waals surface area contributed by atoms with Crippen molar-refractivity contribution in [3.8, 4) is 0 Å². The molecule has 0 bridgehead atoms. The van der Waals surface area contributed by atoms with E-state index in [4.69, 9.17) is 4.74 Å². The Bertz CT molecular complexity index is 352. The molecule has 1 aliphatic rings. The molecule has 0 aromatic carbocycles. The van der Waals surface area contributed by atoms with Gasteiger partial charge in [-0.3, -0.25) is 4.79 Å². The average Bonchev–Trinajstić information content (AvgIpc) is 2.76. The van der Waals surface area contributed by atoms with E-state index in [1.165, 1.54) is 4.31 Å². The van der Waals surface area contributed by atoms with Crippen LogP contribution >= 0.6 is 0 Å². The number of carbonyl (C=O) groups excluding carboxylic acids is 1. The zero-order valence-corrected chi connectivity index (χ0v) is 11.3. The predicted molar refractivity (Wildman–Crippen MR) is 65.1 cm³/mol. The molecule has 0 aliphatic carbocycles. The van der Waals surface area contributed by atoms with E-state index in [0.29, 0.717) is 19.4 Å². The van der Waals surface area contributed by atoms with Gasteiger partial charge in [-0.05, 0) is 26.2 Å². The zero-order chi connectivity index (χ0) is 12.9. The minimum Gasteiger partial charge on any atom is -0.465 e. The first-order valence-corrected chi connectivity index (χ1v) is 7.80. The van der Waals surface area contributed by atoms with Gasteiger partial charge in [-0.2, -0.15) is 4.31 Å². The molecule has 1 heterocycles. The summed E-state index contributed by atoms with van der Waals surface area (Å²) < 4.78 is 30.3. The number of ether oxygens (including phenoxy) is 1. The first-order valence-electron chi connectivity index (χ1n) is 6.19. The van der Waals surface area contributed by atoms with Gasteiger partial charge >= 0.3 is 5.97 Å². The molecule has 0 aromatic rings. The Hall–Kier alpha value is -0.620. The number of unbranched alkanes of at least 4 members (excludes halogenated alkanes) is 1. The molecule has 1 fully saturated rings. The summed E-state index contributed by atoms with van der Waals surface area (Å²) in [5, 5.41) is 0. The van der Waals surface area contributed by atoms with Crippen LogP contribution in [0.3, 0.4) is 0 Å². The molecule has 1 unspecified atom stereocenters. The summed E-state index contributed by atoms with van der Waals surface area (Å²) in [6, 6.07) is -0.600. The minimum absolute atomic E-state index is 0.124. The van der Waals surface area contributed by atoms with E-state index in [-0.39, 0.29) is 12.4 Å². The van der Waals surface area contributed by atoms with Crippen LogP contribution in [0.5, 0.6) is 0 Å². The fourth-order valence-electron chi connectivity index (χ4n) is 1.99. The van der Waals surface area contributed by atoms with Crippen molar-refractivity contribution >= 4 is 16.0 Å². The van der Waals surface area contributed by atoms with Crippen molar-refractivity contribution in [2.24, 2.45) is 0 Å². The van der Waals surface area contributed by atoms with E-state index in [2.05, 4.69) is 0 Å². The highest BCUT2D eigenvalue weighted by molar-refractivity contribution is 7.89. The smallest absolute Gasteiger partial charge is 0.324 e. The highest BCUT2D eigenvalue weighted by Crippen LogP contribution is 2.23. The van der Waals surface area contributed by atoms with Crippen LogP contribution in [0, 0.1) is 0 Å². The van der Waals surface area contributed by atoms with Gasteiger partial charge in [-0.15, -0.1) is 0 Å². The Balaban J connectivity index is 2.71. The van der Waals surface area contributed by atoms with Gasteiger partial charge in [0, 0.05) is 6.54 Å². The maximum Gasteiger partial charge on any atom is 0.324 e. The molecule has 17 heavy (non-hydrogen) atoms. The van der Waals surface area contributed by atoms with Crippen LogP contribution in [0.4, 0.5) is 0 Å². The molecular weight excluding hydrogens is 242 g/mol. The SMILES string of the molecule is CCCCS(=O)(=O)N1CCCC1C(=O)OCC. The number of carbonyl (C=O) groups is 1. The molecule has 5 nitrogen and oxygen atoms in total. The van der Waals surface area contributed by atoms with Crippen molar-refractivity contribution in [3.05, 3.63) is 0 Å². The highest BCUT2D eigenvalue weighted by atomic mass is 32.2. The standard InChI is InChI=1S/C11H21NO4S/c1-3-5-9-17(14,15)12-8-6-7-10(12)11(13)16-4-2/h10H,3-9H2,1-2H3. The topological polar surface area (TPSA) is 63.7 Å². The molecule has 100 valence electrons. The van der Waals surface area contributed by atoms with Crippen LogP contribution in [0.25, 0.3) is 0 Å². The summed E-state index contributed by atoms with van der Waals surface area (Å²) >= 11 is 0. The van der Waals surface area contributed by atoms with E-state index in [1.54, 1.807) is 6.92 Å². The maximum absolute atomic E-state index is 12.0. The quantitative estimate of drug-likeness (QED) is 0.674. The third kappa shape index (κ3) is 3.67. The fraction of sp³-hybridized carbons (Fsp3) is 0.909. The second-order valence-corrected chi connectivity index (χ2v) is 6.23. The number of hydrogen-bond acceptors (Lipinski definition) is 4. The van der Waals surface area contributed by atoms with Crippen LogP contribution in [0.2, 0.25) is 0 Å². The predicted octanol–water partition coefficient (Wildman–Crippen LogP) is 1.14. The Morgan fingerprint density at radius 3 is 2.71 bits per heavy atom. The van der Waals surface area contributed by atoms with Crippen LogP contribution < -0.4 is 0 Å². The van der Waals surface area contributed by atoms with E-state index < -0.39 is 22.0 Å². The van der Waals surface area contributed by atoms with Crippen molar-refractivity contribution in [1.82, 2.24) is 4.31 Å². The lowest BCUT2D eigenvalue weighted by Gasteiger charge is -2.22. The number of nitrogens with zero attached hydrogens (tertiary/aromatic N) is 1. The normalized spacial score (nSPS) is 21.6. The van der Waals surface area contributed by atoms with Gasteiger partial charge in [0.15, 0.2) is 0 Å². The van der Waals surface area contributed by atoms with E-state index >= 15 is 0 Å². The molecule has 6 heteroatoms. The molecule has 1 atom stereocenters. The first kappa shape index (κ1) is 14.4. The van der Waals surface area contributed by atoms with Gasteiger partial charge in [-0.25, -0.2) is 8.42 Å². The molecule has 1 saturated heterocycles. The Morgan fingerprint density at radius 2 is 2.12 bits per heavy atom. The second-order valence-electron chi connectivity index (χ2n) is 4.19. The minimum atomic E-state index is -3.30. The molecule has 0 amide bonds. The first-order chi connectivity index (χ1) is 8.03. The molecule has 0 saturated carbocycles. The van der Waals surface area contributed by atoms with Crippen LogP contribution in [-0.2, 0) is 19.6 Å². The molecule has 0 aromatic heterocycles. The lowest BCUT2D eigenvalue weighted by molar-refractivity contribution is -0.146. The third-order valence-corrected chi connectivity index (χ3v) is 4.83. The van der Waals surface area contributed by atoms with Gasteiger partial charge < -0.3 is 4.74 Å². The summed E-state index contributed by atoms with van der Waals surface area (Å²) in [4.78, 5) is 11.6. The fourth-order valence-corrected chi connectivity index (χ4v) is 3.87. The van der Waals surface area contributed by atoms with Crippen molar-refractivity contribution < 1.29 is 17.9 Å². The summed E-state index contributed by atoms with van der Waals surface area (Å²) in [5.41, 5.74) is 0. The largest absolute Gasteiger partial charge is 0.465 e. The number of sulfonamides is 1. The van der Waals surface area contributed by atoms with Crippen molar-refractivity contribution in [2.45, 2.75) is 45.6 Å². The lowest BCUT2D eigenvalue weighted by atomic mass is 10.2. The average molecular weight is 263 g/mol. The zero-order valence-electron chi connectivity index (χ0n) is 10.5. The molecule has 1 rings (SSSR count). The van der Waals surface area contributed by atoms with Crippen molar-refractivity contribution in [1.29, 1.82) is 0 Å². The maximum atomic E-state index is 12.0. The van der Waals surface area contributed by atoms with E-state index in [0.717, 1.165) is 12.8 Å². The molecule has 0 spiro atoms. The van der Waals surface area contributed by atoms with E-state index in [1.807, 2.05) is 6.92 Å². The molecule has 0 N–H and O–H groups in total. The monoisotopic (exact) mass is 263 g/mol. The Kier molecular flexibility index (Phi) is 5.39. The van der Waals surface area contributed by atoms with Gasteiger partial charge in [-0.1, -0.05) is 13.3 Å². The van der Waals surface area contributed by atoms with Gasteiger partial charge in [0.1, 0.15) is 6.04 Å². The number of hydrogen-bond donors (Lipinski definition) is 0. The summed E-state index contributed by atoms with van der Waals surface area (Å²) in [5.74, 6) is -0.288. The van der Waals surface area contributed by atoms with E-state index in [9.17, 15) is 13.2 Å². The van der Waals surface area contributed by atoms with Crippen molar-refractivity contribution in [3.63, 3.8) is 0 Å². The molecule has 1 aliphatic heterocycles. The second kappa shape index (κ2) is 6.35. The molecule has 0 radical (unpaired) electrons. The van der Waals surface area contributed by atoms with Crippen LogP contribution in [-0.4, -0.2) is 43.6 Å². The molecular formula is C11H21NO4S. The van der Waals surface area contributed by atoms with Gasteiger partial charge in [0.2, 0.25) is 10.0 Å².